The van der Waals surface area contributed by atoms with Gasteiger partial charge in [-0.15, -0.1) is 0 Å². The molecule has 0 aliphatic heterocycles. The molecule has 0 bridgehead atoms. The van der Waals surface area contributed by atoms with Crippen LogP contribution in [0.25, 0.3) is 0 Å². The highest BCUT2D eigenvalue weighted by molar-refractivity contribution is 7.88. The van der Waals surface area contributed by atoms with Gasteiger partial charge in [0.25, 0.3) is 0 Å². The lowest BCUT2D eigenvalue weighted by Crippen LogP contribution is -2.27. The van der Waals surface area contributed by atoms with Crippen LogP contribution in [-0.2, 0) is 28.5 Å². The molecule has 148 valence electrons. The Morgan fingerprint density at radius 3 is 2.22 bits per heavy atom. The molecule has 0 saturated carbocycles. The van der Waals surface area contributed by atoms with E-state index in [1.165, 1.54) is 37.4 Å². The quantitative estimate of drug-likeness (QED) is 0.642. The summed E-state index contributed by atoms with van der Waals surface area (Å²) in [6.07, 6.45) is -4.56. The highest BCUT2D eigenvalue weighted by atomic mass is 32.2. The van der Waals surface area contributed by atoms with Crippen molar-refractivity contribution in [3.63, 3.8) is 0 Å². The molecule has 2 rings (SSSR count). The average Bonchev–Trinajstić information content (AvgIpc) is 2.55. The second-order valence-electron chi connectivity index (χ2n) is 5.73. The maximum Gasteiger partial charge on any atom is 0.416 e. The lowest BCUT2D eigenvalue weighted by Gasteiger charge is -2.18. The molecule has 0 saturated heterocycles. The predicted molar refractivity (Wildman–Crippen MR) is 88.6 cm³/mol. The Balaban J connectivity index is 2.08. The minimum atomic E-state index is -4.56. The number of nitrogens with zero attached hydrogens (tertiary/aromatic N) is 1. The fourth-order valence-corrected chi connectivity index (χ4v) is 3.46. The molecule has 0 radical (unpaired) electrons. The van der Waals surface area contributed by atoms with E-state index in [4.69, 9.17) is 0 Å². The Morgan fingerprint density at radius 1 is 1.04 bits per heavy atom. The summed E-state index contributed by atoms with van der Waals surface area (Å²) in [5, 5.41) is 0. The van der Waals surface area contributed by atoms with Crippen molar-refractivity contribution in [3.05, 3.63) is 65.2 Å². The van der Waals surface area contributed by atoms with E-state index < -0.39 is 34.1 Å². The van der Waals surface area contributed by atoms with E-state index in [1.54, 1.807) is 0 Å². The fourth-order valence-electron chi connectivity index (χ4n) is 2.29. The van der Waals surface area contributed by atoms with Gasteiger partial charge in [-0.2, -0.15) is 22.0 Å². The summed E-state index contributed by atoms with van der Waals surface area (Å²) in [5.74, 6) is -0.664. The molecule has 0 aromatic heterocycles. The number of hydrogen-bond acceptors (Lipinski definition) is 3. The minimum Gasteiger partial charge on any atom is -0.435 e. The smallest absolute Gasteiger partial charge is 0.416 e. The highest BCUT2D eigenvalue weighted by Gasteiger charge is 2.31. The van der Waals surface area contributed by atoms with Crippen molar-refractivity contribution in [2.24, 2.45) is 0 Å². The summed E-state index contributed by atoms with van der Waals surface area (Å²) in [6, 6.07) is 9.50. The van der Waals surface area contributed by atoms with Crippen LogP contribution in [0.3, 0.4) is 0 Å². The maximum absolute atomic E-state index is 12.7. The minimum absolute atomic E-state index is 0.0114. The van der Waals surface area contributed by atoms with E-state index in [-0.39, 0.29) is 17.9 Å². The predicted octanol–water partition coefficient (Wildman–Crippen LogP) is 4.27. The molecule has 27 heavy (non-hydrogen) atoms. The first-order valence-electron chi connectivity index (χ1n) is 7.61. The van der Waals surface area contributed by atoms with E-state index in [0.717, 1.165) is 22.5 Å². The van der Waals surface area contributed by atoms with Crippen LogP contribution in [0.5, 0.6) is 5.75 Å². The third-order valence-corrected chi connectivity index (χ3v) is 5.41. The zero-order valence-electron chi connectivity index (χ0n) is 14.1. The van der Waals surface area contributed by atoms with E-state index in [0.29, 0.717) is 5.56 Å². The summed E-state index contributed by atoms with van der Waals surface area (Å²) >= 11 is 0. The molecule has 0 heterocycles. The largest absolute Gasteiger partial charge is 0.435 e. The molecule has 0 aliphatic rings. The Hall–Kier alpha value is -2.20. The Labute approximate surface area is 153 Å². The van der Waals surface area contributed by atoms with Gasteiger partial charge >= 0.3 is 12.8 Å². The summed E-state index contributed by atoms with van der Waals surface area (Å²) in [6.45, 7) is -3.04. The van der Waals surface area contributed by atoms with Gasteiger partial charge in [0.2, 0.25) is 10.0 Å². The molecule has 10 heteroatoms. The Kier molecular flexibility index (Phi) is 6.42. The number of sulfonamides is 1. The van der Waals surface area contributed by atoms with Crippen LogP contribution in [0.15, 0.2) is 48.5 Å². The van der Waals surface area contributed by atoms with Crippen LogP contribution in [0.2, 0.25) is 0 Å². The zero-order valence-corrected chi connectivity index (χ0v) is 14.9. The number of hydrogen-bond donors (Lipinski definition) is 0. The molecule has 4 nitrogen and oxygen atoms in total. The summed E-state index contributed by atoms with van der Waals surface area (Å²) in [4.78, 5) is 0. The second kappa shape index (κ2) is 8.22. The molecular formula is C17H16F5NO3S. The number of rotatable bonds is 7. The van der Waals surface area contributed by atoms with Crippen molar-refractivity contribution in [2.75, 3.05) is 7.05 Å². The standard InChI is InChI=1S/C17H16F5NO3S/c1-23(10-12-5-7-15(8-6-12)26-16(18)19)27(24,25)11-13-3-2-4-14(9-13)17(20,21)22/h2-9,16H,10-11H2,1H3. The zero-order chi connectivity index (χ0) is 20.2. The van der Waals surface area contributed by atoms with Crippen LogP contribution < -0.4 is 4.74 Å². The second-order valence-corrected chi connectivity index (χ2v) is 7.81. The number of benzene rings is 2. The molecule has 0 spiro atoms. The van der Waals surface area contributed by atoms with Crippen LogP contribution in [0.1, 0.15) is 16.7 Å². The van der Waals surface area contributed by atoms with E-state index >= 15 is 0 Å². The van der Waals surface area contributed by atoms with Gasteiger partial charge in [0.15, 0.2) is 0 Å². The van der Waals surface area contributed by atoms with Gasteiger partial charge in [-0.3, -0.25) is 0 Å². The van der Waals surface area contributed by atoms with Crippen LogP contribution >= 0.6 is 0 Å². The molecule has 0 N–H and O–H groups in total. The first-order valence-corrected chi connectivity index (χ1v) is 9.22. The number of halogens is 5. The van der Waals surface area contributed by atoms with Gasteiger partial charge in [-0.05, 0) is 29.3 Å². The van der Waals surface area contributed by atoms with Crippen LogP contribution in [-0.4, -0.2) is 26.4 Å². The van der Waals surface area contributed by atoms with E-state index in [1.807, 2.05) is 0 Å². The van der Waals surface area contributed by atoms with Gasteiger partial charge < -0.3 is 4.74 Å². The average molecular weight is 409 g/mol. The lowest BCUT2D eigenvalue weighted by atomic mass is 10.1. The number of ether oxygens (including phenoxy) is 1. The van der Waals surface area contributed by atoms with Gasteiger partial charge in [0, 0.05) is 13.6 Å². The highest BCUT2D eigenvalue weighted by Crippen LogP contribution is 2.30. The molecule has 0 aliphatic carbocycles. The maximum atomic E-state index is 12.7. The van der Waals surface area contributed by atoms with Crippen molar-refractivity contribution >= 4 is 10.0 Å². The molecule has 0 amide bonds. The monoisotopic (exact) mass is 409 g/mol. The van der Waals surface area contributed by atoms with Gasteiger partial charge in [-0.1, -0.05) is 30.3 Å². The van der Waals surface area contributed by atoms with Crippen molar-refractivity contribution in [2.45, 2.75) is 25.1 Å². The SMILES string of the molecule is CN(Cc1ccc(OC(F)F)cc1)S(=O)(=O)Cc1cccc(C(F)(F)F)c1. The number of alkyl halides is 5. The van der Waals surface area contributed by atoms with Crippen molar-refractivity contribution in [1.29, 1.82) is 0 Å². The summed E-state index contributed by atoms with van der Waals surface area (Å²) in [7, 11) is -2.60. The molecule has 0 fully saturated rings. The van der Waals surface area contributed by atoms with Crippen LogP contribution in [0.4, 0.5) is 22.0 Å². The lowest BCUT2D eigenvalue weighted by molar-refractivity contribution is -0.137. The molecular weight excluding hydrogens is 393 g/mol. The Morgan fingerprint density at radius 2 is 1.67 bits per heavy atom. The summed E-state index contributed by atoms with van der Waals surface area (Å²) < 4.78 is 92.4. The van der Waals surface area contributed by atoms with Gasteiger partial charge in [-0.25, -0.2) is 12.7 Å². The summed E-state index contributed by atoms with van der Waals surface area (Å²) in [5.41, 5.74) is -0.406. The van der Waals surface area contributed by atoms with Gasteiger partial charge in [0.05, 0.1) is 11.3 Å². The first kappa shape index (κ1) is 21.1. The fraction of sp³-hybridized carbons (Fsp3) is 0.294. The molecule has 0 unspecified atom stereocenters. The Bertz CT molecular complexity index is 867. The van der Waals surface area contributed by atoms with Crippen molar-refractivity contribution in [1.82, 2.24) is 4.31 Å². The van der Waals surface area contributed by atoms with Crippen LogP contribution in [0, 0.1) is 0 Å². The topological polar surface area (TPSA) is 46.6 Å². The van der Waals surface area contributed by atoms with Gasteiger partial charge in [0.1, 0.15) is 5.75 Å². The van der Waals surface area contributed by atoms with Crippen molar-refractivity contribution in [3.8, 4) is 5.75 Å². The van der Waals surface area contributed by atoms with E-state index in [2.05, 4.69) is 4.74 Å². The first-order chi connectivity index (χ1) is 12.5. The van der Waals surface area contributed by atoms with Crippen molar-refractivity contribution < 1.29 is 35.1 Å². The molecule has 2 aromatic carbocycles. The molecule has 2 aromatic rings. The third kappa shape index (κ3) is 6.17. The van der Waals surface area contributed by atoms with E-state index in [9.17, 15) is 30.4 Å². The normalized spacial score (nSPS) is 12.6. The third-order valence-electron chi connectivity index (χ3n) is 3.63. The molecule has 0 atom stereocenters.